The van der Waals surface area contributed by atoms with Crippen molar-refractivity contribution < 1.29 is 9.50 Å². The summed E-state index contributed by atoms with van der Waals surface area (Å²) in [4.78, 5) is 0. The van der Waals surface area contributed by atoms with Gasteiger partial charge in [0.05, 0.1) is 0 Å². The maximum absolute atomic E-state index is 13.6. The maximum Gasteiger partial charge on any atom is 0.128 e. The van der Waals surface area contributed by atoms with E-state index in [-0.39, 0.29) is 18.5 Å². The molecule has 0 aliphatic heterocycles. The van der Waals surface area contributed by atoms with Crippen LogP contribution < -0.4 is 5.32 Å². The van der Waals surface area contributed by atoms with Gasteiger partial charge >= 0.3 is 0 Å². The van der Waals surface area contributed by atoms with Crippen LogP contribution in [-0.2, 0) is 0 Å². The largest absolute Gasteiger partial charge is 0.396 e. The van der Waals surface area contributed by atoms with Gasteiger partial charge in [0, 0.05) is 35.0 Å². The predicted octanol–water partition coefficient (Wildman–Crippen LogP) is 3.35. The molecular formula is C13H19BrFNOS. The molecule has 0 fully saturated rings. The highest BCUT2D eigenvalue weighted by Gasteiger charge is 2.10. The lowest BCUT2D eigenvalue weighted by molar-refractivity contribution is 0.296. The van der Waals surface area contributed by atoms with Gasteiger partial charge in [0.2, 0.25) is 0 Å². The van der Waals surface area contributed by atoms with E-state index in [4.69, 9.17) is 5.11 Å². The van der Waals surface area contributed by atoms with Crippen molar-refractivity contribution in [2.45, 2.75) is 19.4 Å². The molecule has 0 heterocycles. The number of benzene rings is 1. The number of aliphatic hydroxyl groups is 1. The number of nitrogens with one attached hydrogen (secondary N) is 1. The summed E-state index contributed by atoms with van der Waals surface area (Å²) in [6.45, 7) is 3.05. The molecule has 5 heteroatoms. The monoisotopic (exact) mass is 335 g/mol. The normalized spacial score (nSPS) is 12.7. The van der Waals surface area contributed by atoms with Crippen molar-refractivity contribution in [3.63, 3.8) is 0 Å². The molecule has 0 aliphatic carbocycles. The van der Waals surface area contributed by atoms with Crippen LogP contribution in [0, 0.1) is 5.82 Å². The summed E-state index contributed by atoms with van der Waals surface area (Å²) in [6.07, 6.45) is 0.834. The Balaban J connectivity index is 2.31. The van der Waals surface area contributed by atoms with E-state index in [0.717, 1.165) is 28.9 Å². The number of thioether (sulfide) groups is 1. The molecule has 1 rings (SSSR count). The van der Waals surface area contributed by atoms with E-state index in [1.807, 2.05) is 13.0 Å². The zero-order chi connectivity index (χ0) is 13.4. The van der Waals surface area contributed by atoms with Crippen molar-refractivity contribution in [3.8, 4) is 0 Å². The zero-order valence-electron chi connectivity index (χ0n) is 10.5. The molecule has 0 aliphatic rings. The Hall–Kier alpha value is -0.100. The highest BCUT2D eigenvalue weighted by Crippen LogP contribution is 2.21. The maximum atomic E-state index is 13.6. The molecule has 0 radical (unpaired) electrons. The van der Waals surface area contributed by atoms with Crippen molar-refractivity contribution in [2.24, 2.45) is 0 Å². The Labute approximate surface area is 120 Å². The van der Waals surface area contributed by atoms with Crippen molar-refractivity contribution >= 4 is 27.7 Å². The third kappa shape index (κ3) is 5.69. The Kier molecular flexibility index (Phi) is 7.90. The summed E-state index contributed by atoms with van der Waals surface area (Å²) in [5.41, 5.74) is 0.685. The molecule has 0 spiro atoms. The molecule has 1 aromatic carbocycles. The van der Waals surface area contributed by atoms with Gasteiger partial charge in [0.25, 0.3) is 0 Å². The van der Waals surface area contributed by atoms with Gasteiger partial charge in [-0.15, -0.1) is 0 Å². The second-order valence-corrected chi connectivity index (χ2v) is 6.17. The van der Waals surface area contributed by atoms with Crippen molar-refractivity contribution in [2.75, 3.05) is 24.7 Å². The summed E-state index contributed by atoms with van der Waals surface area (Å²) in [6, 6.07) is 5.00. The highest BCUT2D eigenvalue weighted by atomic mass is 79.9. The highest BCUT2D eigenvalue weighted by molar-refractivity contribution is 9.10. The number of halogens is 2. The first kappa shape index (κ1) is 16.0. The molecule has 2 nitrogen and oxygen atoms in total. The van der Waals surface area contributed by atoms with Gasteiger partial charge in [-0.25, -0.2) is 4.39 Å². The van der Waals surface area contributed by atoms with E-state index in [1.54, 1.807) is 17.8 Å². The van der Waals surface area contributed by atoms with Gasteiger partial charge in [-0.05, 0) is 37.3 Å². The molecule has 1 atom stereocenters. The van der Waals surface area contributed by atoms with Crippen LogP contribution in [0.4, 0.5) is 4.39 Å². The van der Waals surface area contributed by atoms with E-state index in [0.29, 0.717) is 5.56 Å². The summed E-state index contributed by atoms with van der Waals surface area (Å²) in [5.74, 6) is 1.77. The quantitative estimate of drug-likeness (QED) is 0.714. The fraction of sp³-hybridized carbons (Fsp3) is 0.538. The molecule has 0 amide bonds. The average molecular weight is 336 g/mol. The molecular weight excluding hydrogens is 317 g/mol. The number of aliphatic hydroxyl groups excluding tert-OH is 1. The third-order valence-corrected chi connectivity index (χ3v) is 4.13. The molecule has 102 valence electrons. The van der Waals surface area contributed by atoms with Crippen LogP contribution in [0.15, 0.2) is 22.7 Å². The summed E-state index contributed by atoms with van der Waals surface area (Å²) < 4.78 is 14.5. The third-order valence-electron chi connectivity index (χ3n) is 2.57. The Morgan fingerprint density at radius 3 is 2.94 bits per heavy atom. The second kappa shape index (κ2) is 8.91. The van der Waals surface area contributed by atoms with Crippen molar-refractivity contribution in [3.05, 3.63) is 34.1 Å². The lowest BCUT2D eigenvalue weighted by Crippen LogP contribution is -2.22. The van der Waals surface area contributed by atoms with E-state index in [2.05, 4.69) is 21.2 Å². The number of rotatable bonds is 8. The summed E-state index contributed by atoms with van der Waals surface area (Å²) in [5, 5.41) is 11.9. The summed E-state index contributed by atoms with van der Waals surface area (Å²) in [7, 11) is 0. The van der Waals surface area contributed by atoms with Crippen LogP contribution in [0.5, 0.6) is 0 Å². The zero-order valence-corrected chi connectivity index (χ0v) is 12.9. The Bertz CT molecular complexity index is 365. The molecule has 1 aromatic rings. The fourth-order valence-corrected chi connectivity index (χ4v) is 2.75. The fourth-order valence-electron chi connectivity index (χ4n) is 1.57. The molecule has 0 saturated heterocycles. The molecule has 0 aromatic heterocycles. The minimum absolute atomic E-state index is 0.000872. The first-order chi connectivity index (χ1) is 8.65. The minimum atomic E-state index is -0.175. The standard InChI is InChI=1S/C13H19BrFNOS/c1-10(16-5-8-18-7-2-6-17)12-9-11(14)3-4-13(12)15/h3-4,9-10,16-17H,2,5-8H2,1H3. The second-order valence-electron chi connectivity index (χ2n) is 4.03. The van der Waals surface area contributed by atoms with E-state index in [9.17, 15) is 4.39 Å². The van der Waals surface area contributed by atoms with Crippen LogP contribution >= 0.6 is 27.7 Å². The van der Waals surface area contributed by atoms with Gasteiger partial charge in [-0.2, -0.15) is 11.8 Å². The molecule has 0 saturated carbocycles. The molecule has 2 N–H and O–H groups in total. The van der Waals surface area contributed by atoms with Crippen LogP contribution in [0.3, 0.4) is 0 Å². The van der Waals surface area contributed by atoms with Crippen LogP contribution in [-0.4, -0.2) is 29.8 Å². The average Bonchev–Trinajstić information content (AvgIpc) is 2.36. The Morgan fingerprint density at radius 2 is 2.22 bits per heavy atom. The van der Waals surface area contributed by atoms with Crippen LogP contribution in [0.1, 0.15) is 24.9 Å². The molecule has 0 bridgehead atoms. The van der Waals surface area contributed by atoms with Crippen molar-refractivity contribution in [1.29, 1.82) is 0 Å². The van der Waals surface area contributed by atoms with E-state index in [1.165, 1.54) is 6.07 Å². The van der Waals surface area contributed by atoms with Gasteiger partial charge in [-0.3, -0.25) is 0 Å². The lowest BCUT2D eigenvalue weighted by atomic mass is 10.1. The first-order valence-corrected chi connectivity index (χ1v) is 7.97. The van der Waals surface area contributed by atoms with E-state index >= 15 is 0 Å². The number of hydrogen-bond donors (Lipinski definition) is 2. The number of hydrogen-bond acceptors (Lipinski definition) is 3. The SMILES string of the molecule is CC(NCCSCCCO)c1cc(Br)ccc1F. The van der Waals surface area contributed by atoms with Gasteiger partial charge in [0.1, 0.15) is 5.82 Å². The molecule has 1 unspecified atom stereocenters. The van der Waals surface area contributed by atoms with Gasteiger partial charge < -0.3 is 10.4 Å². The summed E-state index contributed by atoms with van der Waals surface area (Å²) >= 11 is 5.15. The Morgan fingerprint density at radius 1 is 1.44 bits per heavy atom. The smallest absolute Gasteiger partial charge is 0.128 e. The van der Waals surface area contributed by atoms with Gasteiger partial charge in [0.15, 0.2) is 0 Å². The van der Waals surface area contributed by atoms with Gasteiger partial charge in [-0.1, -0.05) is 15.9 Å². The van der Waals surface area contributed by atoms with E-state index < -0.39 is 0 Å². The lowest BCUT2D eigenvalue weighted by Gasteiger charge is -2.15. The van der Waals surface area contributed by atoms with Crippen LogP contribution in [0.2, 0.25) is 0 Å². The predicted molar refractivity (Wildman–Crippen MR) is 79.5 cm³/mol. The van der Waals surface area contributed by atoms with Crippen LogP contribution in [0.25, 0.3) is 0 Å². The molecule has 18 heavy (non-hydrogen) atoms. The topological polar surface area (TPSA) is 32.3 Å². The van der Waals surface area contributed by atoms with Crippen molar-refractivity contribution in [1.82, 2.24) is 5.32 Å². The minimum Gasteiger partial charge on any atom is -0.396 e. The first-order valence-electron chi connectivity index (χ1n) is 6.02.